The van der Waals surface area contributed by atoms with Crippen LogP contribution in [0.1, 0.15) is 24.2 Å². The summed E-state index contributed by atoms with van der Waals surface area (Å²) in [6.07, 6.45) is -0.0256. The van der Waals surface area contributed by atoms with E-state index in [2.05, 4.69) is 10.2 Å². The van der Waals surface area contributed by atoms with Crippen LogP contribution in [-0.4, -0.2) is 49.5 Å². The maximum absolute atomic E-state index is 12.3. The van der Waals surface area contributed by atoms with Gasteiger partial charge in [-0.3, -0.25) is 9.69 Å². The second kappa shape index (κ2) is 7.45. The molecule has 0 aliphatic carbocycles. The van der Waals surface area contributed by atoms with Gasteiger partial charge in [0.25, 0.3) is 0 Å². The molecule has 2 rings (SSSR count). The molecule has 6 heteroatoms. The number of carbonyl (C=O) groups is 1. The van der Waals surface area contributed by atoms with Crippen molar-refractivity contribution < 1.29 is 9.53 Å². The SMILES string of the molecule is CC(C)Oc1c(Cl)cc(C(=O)CN2CCNCC2)cc1Cl. The van der Waals surface area contributed by atoms with Crippen molar-refractivity contribution in [2.24, 2.45) is 0 Å². The molecule has 0 saturated carbocycles. The molecule has 1 saturated heterocycles. The Balaban J connectivity index is 2.10. The Morgan fingerprint density at radius 2 is 1.86 bits per heavy atom. The molecule has 0 amide bonds. The largest absolute Gasteiger partial charge is 0.488 e. The molecule has 1 aliphatic rings. The van der Waals surface area contributed by atoms with Crippen LogP contribution in [0.15, 0.2) is 12.1 Å². The maximum atomic E-state index is 12.3. The van der Waals surface area contributed by atoms with Crippen LogP contribution in [0.5, 0.6) is 5.75 Å². The van der Waals surface area contributed by atoms with Gasteiger partial charge in [0.1, 0.15) is 0 Å². The molecule has 4 nitrogen and oxygen atoms in total. The number of carbonyl (C=O) groups excluding carboxylic acids is 1. The minimum atomic E-state index is -0.0256. The number of Topliss-reactive ketones (excluding diaryl/α,β-unsaturated/α-hetero) is 1. The van der Waals surface area contributed by atoms with Crippen molar-refractivity contribution in [2.75, 3.05) is 32.7 Å². The second-order valence-electron chi connectivity index (χ2n) is 5.38. The van der Waals surface area contributed by atoms with E-state index in [1.54, 1.807) is 12.1 Å². The third-order valence-corrected chi connectivity index (χ3v) is 3.81. The molecule has 1 fully saturated rings. The fourth-order valence-corrected chi connectivity index (χ4v) is 2.81. The summed E-state index contributed by atoms with van der Waals surface area (Å²) >= 11 is 12.4. The van der Waals surface area contributed by atoms with E-state index < -0.39 is 0 Å². The topological polar surface area (TPSA) is 41.6 Å². The van der Waals surface area contributed by atoms with Gasteiger partial charge in [0.15, 0.2) is 11.5 Å². The molecule has 21 heavy (non-hydrogen) atoms. The van der Waals surface area contributed by atoms with Crippen molar-refractivity contribution in [3.63, 3.8) is 0 Å². The van der Waals surface area contributed by atoms with Crippen LogP contribution in [0.3, 0.4) is 0 Å². The van der Waals surface area contributed by atoms with Crippen molar-refractivity contribution in [1.82, 2.24) is 10.2 Å². The molecule has 0 unspecified atom stereocenters. The Morgan fingerprint density at radius 3 is 2.38 bits per heavy atom. The van der Waals surface area contributed by atoms with E-state index in [4.69, 9.17) is 27.9 Å². The Labute approximate surface area is 135 Å². The number of nitrogens with zero attached hydrogens (tertiary/aromatic N) is 1. The maximum Gasteiger partial charge on any atom is 0.176 e. The van der Waals surface area contributed by atoms with E-state index in [0.717, 1.165) is 26.2 Å². The minimum Gasteiger partial charge on any atom is -0.488 e. The highest BCUT2D eigenvalue weighted by Crippen LogP contribution is 2.35. The van der Waals surface area contributed by atoms with Crippen molar-refractivity contribution in [3.8, 4) is 5.75 Å². The number of ketones is 1. The zero-order valence-electron chi connectivity index (χ0n) is 12.3. The van der Waals surface area contributed by atoms with E-state index in [1.165, 1.54) is 0 Å². The first-order valence-electron chi connectivity index (χ1n) is 7.09. The molecule has 1 aliphatic heterocycles. The molecule has 1 N–H and O–H groups in total. The van der Waals surface area contributed by atoms with E-state index in [1.807, 2.05) is 13.8 Å². The van der Waals surface area contributed by atoms with Crippen LogP contribution < -0.4 is 10.1 Å². The van der Waals surface area contributed by atoms with Crippen LogP contribution in [-0.2, 0) is 0 Å². The summed E-state index contributed by atoms with van der Waals surface area (Å²) in [5, 5.41) is 4.01. The lowest BCUT2D eigenvalue weighted by molar-refractivity contribution is 0.0921. The Morgan fingerprint density at radius 1 is 1.29 bits per heavy atom. The highest BCUT2D eigenvalue weighted by atomic mass is 35.5. The average Bonchev–Trinajstić information content (AvgIpc) is 2.43. The van der Waals surface area contributed by atoms with Crippen LogP contribution in [0.25, 0.3) is 0 Å². The third-order valence-electron chi connectivity index (χ3n) is 3.25. The first kappa shape index (κ1) is 16.6. The van der Waals surface area contributed by atoms with E-state index in [0.29, 0.717) is 27.9 Å². The van der Waals surface area contributed by atoms with Crippen LogP contribution in [0.4, 0.5) is 0 Å². The standard InChI is InChI=1S/C15H20Cl2N2O2/c1-10(2)21-15-12(16)7-11(8-13(15)17)14(20)9-19-5-3-18-4-6-19/h7-8,10,18H,3-6,9H2,1-2H3. The van der Waals surface area contributed by atoms with Crippen LogP contribution >= 0.6 is 23.2 Å². The number of hydrogen-bond acceptors (Lipinski definition) is 4. The Hall–Kier alpha value is -0.810. The summed E-state index contributed by atoms with van der Waals surface area (Å²) in [5.74, 6) is 0.462. The van der Waals surface area contributed by atoms with Gasteiger partial charge < -0.3 is 10.1 Å². The van der Waals surface area contributed by atoms with Crippen molar-refractivity contribution in [3.05, 3.63) is 27.7 Å². The van der Waals surface area contributed by atoms with Gasteiger partial charge in [-0.15, -0.1) is 0 Å². The average molecular weight is 331 g/mol. The van der Waals surface area contributed by atoms with Crippen LogP contribution in [0, 0.1) is 0 Å². The second-order valence-corrected chi connectivity index (χ2v) is 6.20. The lowest BCUT2D eigenvalue weighted by Crippen LogP contribution is -2.45. The summed E-state index contributed by atoms with van der Waals surface area (Å²) in [6, 6.07) is 3.27. The number of benzene rings is 1. The molecular formula is C15H20Cl2N2O2. The molecule has 0 atom stereocenters. The number of hydrogen-bond donors (Lipinski definition) is 1. The van der Waals surface area contributed by atoms with Gasteiger partial charge in [-0.1, -0.05) is 23.2 Å². The zero-order chi connectivity index (χ0) is 15.4. The molecule has 0 spiro atoms. The highest BCUT2D eigenvalue weighted by molar-refractivity contribution is 6.37. The molecule has 116 valence electrons. The van der Waals surface area contributed by atoms with Gasteiger partial charge in [0, 0.05) is 31.7 Å². The fourth-order valence-electron chi connectivity index (χ4n) is 2.23. The fraction of sp³-hybridized carbons (Fsp3) is 0.533. The summed E-state index contributed by atoms with van der Waals surface area (Å²) in [6.45, 7) is 7.76. The lowest BCUT2D eigenvalue weighted by Gasteiger charge is -2.26. The zero-order valence-corrected chi connectivity index (χ0v) is 13.8. The summed E-state index contributed by atoms with van der Waals surface area (Å²) in [7, 11) is 0. The van der Waals surface area contributed by atoms with E-state index in [9.17, 15) is 4.79 Å². The van der Waals surface area contributed by atoms with E-state index >= 15 is 0 Å². The van der Waals surface area contributed by atoms with Gasteiger partial charge >= 0.3 is 0 Å². The summed E-state index contributed by atoms with van der Waals surface area (Å²) < 4.78 is 5.57. The summed E-state index contributed by atoms with van der Waals surface area (Å²) in [4.78, 5) is 14.5. The Bertz CT molecular complexity index is 491. The molecule has 1 aromatic carbocycles. The number of ether oxygens (including phenoxy) is 1. The van der Waals surface area contributed by atoms with Gasteiger partial charge in [0.2, 0.25) is 0 Å². The highest BCUT2D eigenvalue weighted by Gasteiger charge is 2.18. The van der Waals surface area contributed by atoms with Gasteiger partial charge in [-0.25, -0.2) is 0 Å². The quantitative estimate of drug-likeness (QED) is 0.843. The Kier molecular flexibility index (Phi) is 5.88. The normalized spacial score (nSPS) is 16.2. The number of halogens is 2. The van der Waals surface area contributed by atoms with E-state index in [-0.39, 0.29) is 11.9 Å². The molecule has 0 bridgehead atoms. The van der Waals surface area contributed by atoms with Crippen LogP contribution in [0.2, 0.25) is 10.0 Å². The summed E-state index contributed by atoms with van der Waals surface area (Å²) in [5.41, 5.74) is 0.527. The van der Waals surface area contributed by atoms with Crippen molar-refractivity contribution in [1.29, 1.82) is 0 Å². The molecule has 1 aromatic rings. The number of piperazine rings is 1. The van der Waals surface area contributed by atoms with Gasteiger partial charge in [-0.05, 0) is 26.0 Å². The molecule has 1 heterocycles. The number of rotatable bonds is 5. The van der Waals surface area contributed by atoms with Crippen molar-refractivity contribution in [2.45, 2.75) is 20.0 Å². The first-order valence-corrected chi connectivity index (χ1v) is 7.85. The van der Waals surface area contributed by atoms with Gasteiger partial charge in [-0.2, -0.15) is 0 Å². The minimum absolute atomic E-state index is 0.0248. The first-order chi connectivity index (χ1) is 9.97. The smallest absolute Gasteiger partial charge is 0.176 e. The predicted molar refractivity (Wildman–Crippen MR) is 85.9 cm³/mol. The van der Waals surface area contributed by atoms with Crippen molar-refractivity contribution >= 4 is 29.0 Å². The molecule has 0 aromatic heterocycles. The predicted octanol–water partition coefficient (Wildman–Crippen LogP) is 2.87. The number of nitrogens with one attached hydrogen (secondary N) is 1. The monoisotopic (exact) mass is 330 g/mol. The third kappa shape index (κ3) is 4.58. The molecule has 0 radical (unpaired) electrons. The van der Waals surface area contributed by atoms with Gasteiger partial charge in [0.05, 0.1) is 22.7 Å². The molecular weight excluding hydrogens is 311 g/mol. The lowest BCUT2D eigenvalue weighted by atomic mass is 10.1.